The van der Waals surface area contributed by atoms with Crippen LogP contribution in [0.3, 0.4) is 0 Å². The molecule has 1 aromatic heterocycles. The number of halogens is 3. The highest BCUT2D eigenvalue weighted by Crippen LogP contribution is 2.37. The summed E-state index contributed by atoms with van der Waals surface area (Å²) in [6, 6.07) is 13.0. The van der Waals surface area contributed by atoms with Gasteiger partial charge in [-0.3, -0.25) is 9.36 Å². The molecule has 0 N–H and O–H groups in total. The van der Waals surface area contributed by atoms with E-state index in [2.05, 4.69) is 27.6 Å². The number of esters is 2. The van der Waals surface area contributed by atoms with E-state index in [0.29, 0.717) is 53.5 Å². The van der Waals surface area contributed by atoms with E-state index in [-0.39, 0.29) is 37.8 Å². The van der Waals surface area contributed by atoms with Crippen LogP contribution in [0.2, 0.25) is 10.0 Å². The number of ether oxygens (including phenoxy) is 6. The first kappa shape index (κ1) is 38.2. The maximum absolute atomic E-state index is 14.4. The molecular formula is C36H33Cl2IN2O9S. The molecular weight excluding hydrogens is 834 g/mol. The predicted molar refractivity (Wildman–Crippen MR) is 202 cm³/mol. The zero-order chi connectivity index (χ0) is 36.8. The highest BCUT2D eigenvalue weighted by Gasteiger charge is 2.34. The lowest BCUT2D eigenvalue weighted by molar-refractivity contribution is -0.143. The molecule has 0 radical (unpaired) electrons. The Hall–Kier alpha value is -4.05. The van der Waals surface area contributed by atoms with Crippen molar-refractivity contribution in [3.05, 3.63) is 110 Å². The van der Waals surface area contributed by atoms with Gasteiger partial charge >= 0.3 is 11.9 Å². The van der Waals surface area contributed by atoms with Crippen molar-refractivity contribution in [2.45, 2.75) is 33.4 Å². The summed E-state index contributed by atoms with van der Waals surface area (Å²) in [5.41, 5.74) is 2.11. The predicted octanol–water partition coefficient (Wildman–Crippen LogP) is 6.25. The molecule has 0 aliphatic carbocycles. The van der Waals surface area contributed by atoms with Gasteiger partial charge in [-0.05, 0) is 97.0 Å². The molecule has 0 bridgehead atoms. The van der Waals surface area contributed by atoms with E-state index in [1.54, 1.807) is 57.2 Å². The van der Waals surface area contributed by atoms with E-state index in [4.69, 9.17) is 51.6 Å². The van der Waals surface area contributed by atoms with Crippen LogP contribution < -0.4 is 33.8 Å². The second-order valence-electron chi connectivity index (χ2n) is 10.9. The Labute approximate surface area is 321 Å². The molecule has 1 aliphatic heterocycles. The molecule has 0 saturated heterocycles. The number of hydrogen-bond donors (Lipinski definition) is 0. The lowest BCUT2D eigenvalue weighted by atomic mass is 9.95. The summed E-state index contributed by atoms with van der Waals surface area (Å²) in [5.74, 6) is 0.315. The van der Waals surface area contributed by atoms with Crippen LogP contribution in [0.25, 0.3) is 6.08 Å². The van der Waals surface area contributed by atoms with Crippen molar-refractivity contribution < 1.29 is 38.0 Å². The van der Waals surface area contributed by atoms with E-state index in [0.717, 1.165) is 9.13 Å². The number of allylic oxidation sites excluding steroid dienone is 1. The zero-order valence-corrected chi connectivity index (χ0v) is 32.7. The molecule has 1 atom stereocenters. The number of carbonyl (C=O) groups is 2. The van der Waals surface area contributed by atoms with Crippen LogP contribution in [0.15, 0.2) is 69.6 Å². The van der Waals surface area contributed by atoms with Gasteiger partial charge in [0.25, 0.3) is 5.56 Å². The van der Waals surface area contributed by atoms with Gasteiger partial charge < -0.3 is 28.4 Å². The van der Waals surface area contributed by atoms with Gasteiger partial charge in [0.05, 0.1) is 59.3 Å². The van der Waals surface area contributed by atoms with Crippen LogP contribution in [0.5, 0.6) is 23.0 Å². The Bertz CT molecular complexity index is 2200. The fourth-order valence-corrected chi connectivity index (χ4v) is 7.29. The van der Waals surface area contributed by atoms with E-state index in [9.17, 15) is 14.4 Å². The monoisotopic (exact) mass is 866 g/mol. The Morgan fingerprint density at radius 2 is 1.75 bits per heavy atom. The fourth-order valence-electron chi connectivity index (χ4n) is 5.31. The van der Waals surface area contributed by atoms with Gasteiger partial charge in [-0.2, -0.15) is 0 Å². The molecule has 1 aliphatic rings. The summed E-state index contributed by atoms with van der Waals surface area (Å²) in [4.78, 5) is 44.7. The molecule has 3 aromatic carbocycles. The summed E-state index contributed by atoms with van der Waals surface area (Å²) in [7, 11) is 2.80. The van der Waals surface area contributed by atoms with Crippen molar-refractivity contribution in [3.8, 4) is 23.0 Å². The number of methoxy groups -OCH3 is 2. The summed E-state index contributed by atoms with van der Waals surface area (Å²) < 4.78 is 36.2. The van der Waals surface area contributed by atoms with Gasteiger partial charge in [0.1, 0.15) is 6.61 Å². The Morgan fingerprint density at radius 3 is 2.43 bits per heavy atom. The first-order chi connectivity index (χ1) is 24.5. The van der Waals surface area contributed by atoms with Gasteiger partial charge in [-0.1, -0.05) is 46.7 Å². The standard InChI is InChI=1S/C36H33Cl2IN2O9S/c1-6-47-27-14-21(9-11-26(27)49-18-30(42)46-5)32-31(35(44)48-7-2)19(3)40-36-41(32)34(43)29(51-36)15-22-13-23(39)16-28(45-4)33(22)50-17-20-8-10-24(37)25(38)12-20/h8-16,32H,6-7,17-18H2,1-5H3/b29-15+/t32-/m0/s1. The Kier molecular flexibility index (Phi) is 12.7. The molecule has 2 heterocycles. The lowest BCUT2D eigenvalue weighted by Crippen LogP contribution is -2.40. The minimum absolute atomic E-state index is 0.122. The van der Waals surface area contributed by atoms with Crippen LogP contribution in [-0.2, 0) is 25.7 Å². The number of carbonyl (C=O) groups excluding carboxylic acids is 2. The molecule has 0 fully saturated rings. The Balaban J connectivity index is 1.65. The van der Waals surface area contributed by atoms with Gasteiger partial charge in [0.15, 0.2) is 34.4 Å². The summed E-state index contributed by atoms with van der Waals surface area (Å²) in [5, 5.41) is 0.831. The minimum Gasteiger partial charge on any atom is -0.493 e. The van der Waals surface area contributed by atoms with Crippen molar-refractivity contribution in [2.75, 3.05) is 34.0 Å². The molecule has 0 saturated carbocycles. The highest BCUT2D eigenvalue weighted by molar-refractivity contribution is 14.1. The highest BCUT2D eigenvalue weighted by atomic mass is 127. The Morgan fingerprint density at radius 1 is 0.961 bits per heavy atom. The number of fused-ring (bicyclic) bond motifs is 1. The van der Waals surface area contributed by atoms with Crippen LogP contribution in [-0.4, -0.2) is 50.5 Å². The molecule has 15 heteroatoms. The number of thiazole rings is 1. The fraction of sp³-hybridized carbons (Fsp3) is 0.278. The molecule has 0 spiro atoms. The van der Waals surface area contributed by atoms with Gasteiger partial charge in [-0.25, -0.2) is 14.6 Å². The third kappa shape index (κ3) is 8.54. The van der Waals surface area contributed by atoms with Gasteiger partial charge in [0.2, 0.25) is 0 Å². The van der Waals surface area contributed by atoms with Crippen LogP contribution >= 0.6 is 57.1 Å². The first-order valence-corrected chi connectivity index (χ1v) is 18.2. The van der Waals surface area contributed by atoms with Crippen molar-refractivity contribution in [1.29, 1.82) is 0 Å². The summed E-state index contributed by atoms with van der Waals surface area (Å²) in [6.07, 6.45) is 1.72. The average Bonchev–Trinajstić information content (AvgIpc) is 3.41. The zero-order valence-electron chi connectivity index (χ0n) is 28.2. The van der Waals surface area contributed by atoms with E-state index < -0.39 is 23.5 Å². The van der Waals surface area contributed by atoms with E-state index >= 15 is 0 Å². The van der Waals surface area contributed by atoms with Crippen LogP contribution in [0.1, 0.15) is 43.5 Å². The third-order valence-corrected chi connectivity index (χ3v) is 9.94. The second kappa shape index (κ2) is 17.0. The number of aromatic nitrogens is 1. The van der Waals surface area contributed by atoms with Gasteiger partial charge in [-0.15, -0.1) is 0 Å². The maximum Gasteiger partial charge on any atom is 0.343 e. The third-order valence-electron chi connectivity index (χ3n) is 7.60. The molecule has 11 nitrogen and oxygen atoms in total. The molecule has 5 rings (SSSR count). The summed E-state index contributed by atoms with van der Waals surface area (Å²) >= 11 is 15.7. The number of rotatable bonds is 13. The smallest absolute Gasteiger partial charge is 0.343 e. The quantitative estimate of drug-likeness (QED) is 0.113. The number of benzene rings is 3. The number of hydrogen-bond acceptors (Lipinski definition) is 11. The molecule has 0 unspecified atom stereocenters. The second-order valence-corrected chi connectivity index (χ2v) is 13.9. The van der Waals surface area contributed by atoms with Crippen molar-refractivity contribution >= 4 is 75.1 Å². The van der Waals surface area contributed by atoms with Crippen molar-refractivity contribution in [1.82, 2.24) is 4.57 Å². The first-order valence-electron chi connectivity index (χ1n) is 15.6. The van der Waals surface area contributed by atoms with Crippen molar-refractivity contribution in [3.63, 3.8) is 0 Å². The van der Waals surface area contributed by atoms with Crippen LogP contribution in [0, 0.1) is 3.57 Å². The lowest BCUT2D eigenvalue weighted by Gasteiger charge is -2.25. The molecule has 268 valence electrons. The van der Waals surface area contributed by atoms with E-state index in [1.807, 2.05) is 18.2 Å². The van der Waals surface area contributed by atoms with Crippen molar-refractivity contribution in [2.24, 2.45) is 4.99 Å². The number of nitrogens with zero attached hydrogens (tertiary/aromatic N) is 2. The topological polar surface area (TPSA) is 124 Å². The molecule has 0 amide bonds. The minimum atomic E-state index is -0.924. The van der Waals surface area contributed by atoms with Gasteiger partial charge in [0, 0.05) is 9.13 Å². The maximum atomic E-state index is 14.4. The SMILES string of the molecule is CCOC(=O)C1=C(C)N=c2s/c(=C/c3cc(I)cc(OC)c3OCc3ccc(Cl)c(Cl)c3)c(=O)n2[C@H]1c1ccc(OCC(=O)OC)c(OCC)c1. The molecule has 4 aromatic rings. The largest absolute Gasteiger partial charge is 0.493 e. The normalized spacial score (nSPS) is 14.0. The summed E-state index contributed by atoms with van der Waals surface area (Å²) in [6.45, 7) is 5.44. The van der Waals surface area contributed by atoms with Crippen LogP contribution in [0.4, 0.5) is 0 Å². The van der Waals surface area contributed by atoms with E-state index in [1.165, 1.54) is 30.1 Å². The average molecular weight is 868 g/mol. The molecule has 51 heavy (non-hydrogen) atoms.